The molecule has 0 unspecified atom stereocenters. The average molecular weight is 1520 g/mol. The number of hydrogen-bond donors (Lipinski definition) is 0. The molecule has 1 aromatic carbocycles. The van der Waals surface area contributed by atoms with E-state index in [9.17, 15) is 0 Å². The smallest absolute Gasteiger partial charge is 0.0110 e. The molecule has 9 fully saturated rings. The molecule has 1 heterocycles. The van der Waals surface area contributed by atoms with Gasteiger partial charge in [0, 0.05) is 39.3 Å². The third-order valence-corrected chi connectivity index (χ3v) is 28.5. The van der Waals surface area contributed by atoms with E-state index in [4.69, 9.17) is 0 Å². The summed E-state index contributed by atoms with van der Waals surface area (Å²) in [7, 11) is 0. The summed E-state index contributed by atoms with van der Waals surface area (Å²) in [6, 6.07) is 0. The summed E-state index contributed by atoms with van der Waals surface area (Å²) < 4.78 is 0. The van der Waals surface area contributed by atoms with Crippen molar-refractivity contribution >= 4 is 0 Å². The summed E-state index contributed by atoms with van der Waals surface area (Å²) in [5.74, 6) is 14.6. The van der Waals surface area contributed by atoms with Crippen molar-refractivity contribution in [1.82, 2.24) is 14.7 Å². The lowest BCUT2D eigenvalue weighted by atomic mass is 9.41. The van der Waals surface area contributed by atoms with Gasteiger partial charge in [-0.05, 0) is 382 Å². The normalized spacial score (nSPS) is 27.8. The Balaban J connectivity index is 0.000000306. The number of rotatable bonds is 22. The Labute approximate surface area is 688 Å². The lowest BCUT2D eigenvalue weighted by molar-refractivity contribution is -0.154. The third-order valence-electron chi connectivity index (χ3n) is 28.5. The molecule has 9 aliphatic rings. The van der Waals surface area contributed by atoms with Gasteiger partial charge in [0.1, 0.15) is 0 Å². The molecule has 8 bridgehead atoms. The summed E-state index contributed by atoms with van der Waals surface area (Å²) in [5.41, 5.74) is 15.1. The topological polar surface area (TPSA) is 9.72 Å². The van der Waals surface area contributed by atoms with Crippen LogP contribution in [0.3, 0.4) is 0 Å². The number of hydrogen-bond acceptors (Lipinski definition) is 3. The molecule has 1 aromatic rings. The average Bonchev–Trinajstić information content (AvgIpc) is 0.757. The zero-order chi connectivity index (χ0) is 82.3. The van der Waals surface area contributed by atoms with Crippen molar-refractivity contribution in [1.29, 1.82) is 0 Å². The molecule has 1 aliphatic heterocycles. The van der Waals surface area contributed by atoms with Gasteiger partial charge >= 0.3 is 0 Å². The van der Waals surface area contributed by atoms with Gasteiger partial charge in [0.05, 0.1) is 0 Å². The van der Waals surface area contributed by atoms with E-state index in [1.54, 1.807) is 71.9 Å². The van der Waals surface area contributed by atoms with Gasteiger partial charge in [-0.2, -0.15) is 0 Å². The van der Waals surface area contributed by atoms with E-state index < -0.39 is 0 Å². The van der Waals surface area contributed by atoms with Crippen LogP contribution in [0, 0.1) is 169 Å². The molecule has 0 N–H and O–H groups in total. The molecule has 0 radical (unpaired) electrons. The fraction of sp³-hybridized carbons (Fsp3) is 0.943. The van der Waals surface area contributed by atoms with Crippen LogP contribution in [0.5, 0.6) is 0 Å². The molecule has 8 saturated carbocycles. The predicted molar refractivity (Wildman–Crippen MR) is 492 cm³/mol. The van der Waals surface area contributed by atoms with Crippen molar-refractivity contribution in [3.05, 3.63) is 33.4 Å². The Hall–Kier alpha value is -0.900. The SMILES string of the molecule is C.CC(C)(C)CC1C2CC3CC1C(CC(C)(C)C)C(C3)C2CC(C)(C)C.CC(C)(C)CCC1C2CC3CC1C(CCC(C)(C)C)C(C3)C2CCC(C)(C)C.CC(C)(C)CCCN1CCN(CCC(C)(C)C)CCN(CCC(C)(C)C)CC1.Cc1c(CCC(C)(C)C)c(C)c(CCC(C)(C)C)c(C)c1CCC(C)(C)C. The summed E-state index contributed by atoms with van der Waals surface area (Å²) in [6.07, 6.45) is 35.3. The second-order valence-electron chi connectivity index (χ2n) is 54.0. The lowest BCUT2D eigenvalue weighted by Crippen LogP contribution is -2.57. The Morgan fingerprint density at radius 3 is 0.615 bits per heavy atom. The van der Waals surface area contributed by atoms with Gasteiger partial charge in [-0.3, -0.25) is 0 Å². The molecule has 0 spiro atoms. The highest BCUT2D eigenvalue weighted by Crippen LogP contribution is 2.68. The van der Waals surface area contributed by atoms with Crippen molar-refractivity contribution in [2.24, 2.45) is 148 Å². The van der Waals surface area contributed by atoms with E-state index in [1.807, 2.05) is 0 Å². The van der Waals surface area contributed by atoms with Crippen molar-refractivity contribution in [3.63, 3.8) is 0 Å². The van der Waals surface area contributed by atoms with Gasteiger partial charge < -0.3 is 14.7 Å². The second-order valence-corrected chi connectivity index (χ2v) is 54.0. The highest BCUT2D eigenvalue weighted by molar-refractivity contribution is 5.51. The molecular formula is C106H203N3. The van der Waals surface area contributed by atoms with Crippen LogP contribution in [0.25, 0.3) is 0 Å². The summed E-state index contributed by atoms with van der Waals surface area (Å²) >= 11 is 0. The summed E-state index contributed by atoms with van der Waals surface area (Å²) in [4.78, 5) is 8.21. The molecule has 0 atom stereocenters. The van der Waals surface area contributed by atoms with Gasteiger partial charge in [0.15, 0.2) is 0 Å². The van der Waals surface area contributed by atoms with Gasteiger partial charge in [-0.1, -0.05) is 257 Å². The summed E-state index contributed by atoms with van der Waals surface area (Å²) in [6.45, 7) is 105. The Morgan fingerprint density at radius 2 is 0.422 bits per heavy atom. The number of nitrogens with zero attached hydrogens (tertiary/aromatic N) is 3. The van der Waals surface area contributed by atoms with Crippen LogP contribution in [0.2, 0.25) is 0 Å². The first-order chi connectivity index (χ1) is 48.7. The van der Waals surface area contributed by atoms with E-state index >= 15 is 0 Å². The Bertz CT molecular complexity index is 2460. The van der Waals surface area contributed by atoms with Crippen LogP contribution in [0.4, 0.5) is 0 Å². The van der Waals surface area contributed by atoms with Crippen molar-refractivity contribution < 1.29 is 0 Å². The predicted octanol–water partition coefficient (Wildman–Crippen LogP) is 31.6. The molecule has 1 saturated heterocycles. The first-order valence-corrected chi connectivity index (χ1v) is 47.0. The minimum absolute atomic E-state index is 0. The maximum atomic E-state index is 2.74. The molecular weight excluding hydrogens is 1320 g/mol. The molecule has 0 aromatic heterocycles. The first-order valence-electron chi connectivity index (χ1n) is 47.0. The monoisotopic (exact) mass is 1520 g/mol. The number of benzene rings is 1. The zero-order valence-electron chi connectivity index (χ0n) is 81.5. The van der Waals surface area contributed by atoms with E-state index in [1.165, 1.54) is 181 Å². The zero-order valence-corrected chi connectivity index (χ0v) is 81.5. The Kier molecular flexibility index (Phi) is 36.7. The fourth-order valence-electron chi connectivity index (χ4n) is 22.6. The standard InChI is InChI=1S/C28H52.C27H48.C25H53N3.C25H46.CH4/c1-26(2,3)13-10-20-23-16-19-17-24(20)22(12-15-28(7,8)9)25(18-19)21(23)11-14-27(4,5)6;1-19-22(13-16-25(4,5)6)20(2)24(15-18-27(10,11)12)21(3)23(19)14-17-26(7,8)9;1-23(2,3)11-10-14-26-17-19-27(15-12-24(4,5)6)21-22-28(20-18-26)16-13-25(7,8)9;1-23(2,3)13-20-17-10-16-11-18(20)22(15-25(7,8)9)19(12-16)21(17)14-24(4,5)6;/h19-25H,10-18H2,1-9H3;13-18H2,1-12H3;10-22H2,1-9H3;16-22H,10-15H2,1-9H3;1H4. The fourth-order valence-corrected chi connectivity index (χ4v) is 22.6. The molecule has 10 rings (SSSR count). The lowest BCUT2D eigenvalue weighted by Gasteiger charge is -2.64. The first kappa shape index (κ1) is 100. The minimum Gasteiger partial charge on any atom is -0.301 e. The van der Waals surface area contributed by atoms with Crippen molar-refractivity contribution in [2.45, 2.75) is 438 Å². The summed E-state index contributed by atoms with van der Waals surface area (Å²) in [5, 5.41) is 0. The molecule has 0 amide bonds. The third kappa shape index (κ3) is 36.5. The maximum Gasteiger partial charge on any atom is 0.0110 e. The van der Waals surface area contributed by atoms with Crippen LogP contribution < -0.4 is 0 Å². The van der Waals surface area contributed by atoms with E-state index in [2.05, 4.69) is 285 Å². The van der Waals surface area contributed by atoms with Crippen molar-refractivity contribution in [3.8, 4) is 0 Å². The molecule has 8 aliphatic carbocycles. The Morgan fingerprint density at radius 1 is 0.229 bits per heavy atom. The van der Waals surface area contributed by atoms with Crippen LogP contribution >= 0.6 is 0 Å². The van der Waals surface area contributed by atoms with Crippen molar-refractivity contribution in [2.75, 3.05) is 58.9 Å². The van der Waals surface area contributed by atoms with Gasteiger partial charge in [0.2, 0.25) is 0 Å². The highest BCUT2D eigenvalue weighted by atomic mass is 15.3. The molecule has 3 heteroatoms. The molecule has 642 valence electrons. The van der Waals surface area contributed by atoms with Gasteiger partial charge in [-0.15, -0.1) is 0 Å². The van der Waals surface area contributed by atoms with Crippen LogP contribution in [-0.2, 0) is 19.3 Å². The van der Waals surface area contributed by atoms with Crippen LogP contribution in [0.1, 0.15) is 431 Å². The van der Waals surface area contributed by atoms with E-state index in [-0.39, 0.29) is 7.43 Å². The van der Waals surface area contributed by atoms with Crippen LogP contribution in [-0.4, -0.2) is 73.6 Å². The quantitative estimate of drug-likeness (QED) is 0.115. The van der Waals surface area contributed by atoms with Gasteiger partial charge in [0.25, 0.3) is 0 Å². The highest BCUT2D eigenvalue weighted by Gasteiger charge is 2.60. The second kappa shape index (κ2) is 39.8. The van der Waals surface area contributed by atoms with E-state index in [0.29, 0.717) is 65.0 Å². The minimum atomic E-state index is 0. The molecule has 109 heavy (non-hydrogen) atoms. The largest absolute Gasteiger partial charge is 0.301 e. The maximum absolute atomic E-state index is 2.74. The van der Waals surface area contributed by atoms with Gasteiger partial charge in [-0.25, -0.2) is 0 Å². The van der Waals surface area contributed by atoms with Crippen LogP contribution in [0.15, 0.2) is 0 Å². The molecule has 3 nitrogen and oxygen atoms in total. The van der Waals surface area contributed by atoms with E-state index in [0.717, 1.165) is 82.9 Å².